The van der Waals surface area contributed by atoms with Gasteiger partial charge in [0.05, 0.1) is 5.69 Å². The van der Waals surface area contributed by atoms with Crippen LogP contribution in [0.5, 0.6) is 0 Å². The van der Waals surface area contributed by atoms with Gasteiger partial charge in [-0.1, -0.05) is 205 Å². The van der Waals surface area contributed by atoms with Crippen molar-refractivity contribution >= 4 is 28.4 Å². The van der Waals surface area contributed by atoms with Gasteiger partial charge in [0, 0.05) is 28.2 Å². The van der Waals surface area contributed by atoms with Gasteiger partial charge in [-0.2, -0.15) is 19.9 Å². The van der Waals surface area contributed by atoms with Crippen LogP contribution in [0.4, 0.5) is 17.6 Å². The minimum atomic E-state index is -0.0270. The summed E-state index contributed by atoms with van der Waals surface area (Å²) in [5.41, 5.74) is 17.8. The second-order valence-corrected chi connectivity index (χ2v) is 18.8. The molecule has 0 saturated carbocycles. The van der Waals surface area contributed by atoms with E-state index in [1.54, 1.807) is 0 Å². The number of anilines is 3. The van der Waals surface area contributed by atoms with E-state index in [1.807, 2.05) is 71.6 Å². The standard InChI is InChI=1S/C65H53N7/c1-41-37-43(3)57(44(4)38-41)59(58-45(5)39-42(2)40-46(58)6)50-33-35-54(36-34-50)72(65-69-61(52-24-14-9-15-25-52)67-63(71-65)56-28-18-26-49-21-16-17-27-55(49)56)64-68-60(51-22-12-8-13-23-51)66-62(70-64)53-31-29-48(30-32-53)47-19-10-7-11-20-47/h7-40,59H,1-6H3. The lowest BCUT2D eigenvalue weighted by atomic mass is 9.77. The lowest BCUT2D eigenvalue weighted by molar-refractivity contribution is 0.917. The average Bonchev–Trinajstić information content (AvgIpc) is 3.41. The molecule has 7 heteroatoms. The molecule has 2 aromatic heterocycles. The molecule has 0 radical (unpaired) electrons. The van der Waals surface area contributed by atoms with Crippen molar-refractivity contribution in [3.05, 3.63) is 256 Å². The highest BCUT2D eigenvalue weighted by Crippen LogP contribution is 2.42. The number of hydrogen-bond acceptors (Lipinski definition) is 7. The van der Waals surface area contributed by atoms with Gasteiger partial charge in [-0.15, -0.1) is 0 Å². The first kappa shape index (κ1) is 45.5. The van der Waals surface area contributed by atoms with Gasteiger partial charge in [0.15, 0.2) is 23.3 Å². The van der Waals surface area contributed by atoms with Gasteiger partial charge in [0.2, 0.25) is 11.9 Å². The van der Waals surface area contributed by atoms with Crippen molar-refractivity contribution in [2.75, 3.05) is 4.90 Å². The second kappa shape index (κ2) is 19.5. The zero-order valence-corrected chi connectivity index (χ0v) is 41.3. The summed E-state index contributed by atoms with van der Waals surface area (Å²) < 4.78 is 0. The van der Waals surface area contributed by atoms with Crippen molar-refractivity contribution in [3.8, 4) is 56.7 Å². The molecular weight excluding hydrogens is 879 g/mol. The number of aryl methyl sites for hydroxylation is 6. The van der Waals surface area contributed by atoms with Gasteiger partial charge in [0.1, 0.15) is 0 Å². The minimum Gasteiger partial charge on any atom is -0.246 e. The Morgan fingerprint density at radius 2 is 0.722 bits per heavy atom. The van der Waals surface area contributed by atoms with E-state index in [1.165, 1.54) is 50.1 Å². The third-order valence-electron chi connectivity index (χ3n) is 13.5. The Balaban J connectivity index is 1.16. The Kier molecular flexibility index (Phi) is 12.3. The van der Waals surface area contributed by atoms with E-state index in [-0.39, 0.29) is 5.92 Å². The van der Waals surface area contributed by atoms with Crippen LogP contribution in [-0.4, -0.2) is 29.9 Å². The van der Waals surface area contributed by atoms with Crippen LogP contribution in [0, 0.1) is 41.5 Å². The van der Waals surface area contributed by atoms with E-state index in [9.17, 15) is 0 Å². The van der Waals surface area contributed by atoms with Gasteiger partial charge in [-0.3, -0.25) is 0 Å². The molecule has 0 atom stereocenters. The summed E-state index contributed by atoms with van der Waals surface area (Å²) in [6.07, 6.45) is 0. The van der Waals surface area contributed by atoms with E-state index in [0.29, 0.717) is 35.2 Å². The van der Waals surface area contributed by atoms with Crippen molar-refractivity contribution in [1.82, 2.24) is 29.9 Å². The number of nitrogens with zero attached hydrogens (tertiary/aromatic N) is 7. The van der Waals surface area contributed by atoms with Crippen LogP contribution >= 0.6 is 0 Å². The van der Waals surface area contributed by atoms with Gasteiger partial charge < -0.3 is 0 Å². The van der Waals surface area contributed by atoms with Gasteiger partial charge >= 0.3 is 0 Å². The first-order chi connectivity index (χ1) is 35.1. The Labute approximate surface area is 421 Å². The number of fused-ring (bicyclic) bond motifs is 1. The van der Waals surface area contributed by atoms with Crippen LogP contribution in [-0.2, 0) is 0 Å². The molecule has 0 aliphatic heterocycles. The Morgan fingerprint density at radius 1 is 0.333 bits per heavy atom. The molecule has 0 N–H and O–H groups in total. The zero-order valence-electron chi connectivity index (χ0n) is 41.3. The first-order valence-corrected chi connectivity index (χ1v) is 24.5. The van der Waals surface area contributed by atoms with Gasteiger partial charge in [-0.05, 0) is 115 Å². The van der Waals surface area contributed by atoms with Crippen LogP contribution in [0.1, 0.15) is 56.0 Å². The Hall–Kier alpha value is -8.94. The first-order valence-electron chi connectivity index (χ1n) is 24.5. The fourth-order valence-electron chi connectivity index (χ4n) is 10.4. The number of hydrogen-bond donors (Lipinski definition) is 0. The molecular formula is C65H53N7. The highest BCUT2D eigenvalue weighted by atomic mass is 15.4. The number of rotatable bonds is 11. The highest BCUT2D eigenvalue weighted by Gasteiger charge is 2.28. The van der Waals surface area contributed by atoms with Crippen molar-refractivity contribution in [2.45, 2.75) is 47.5 Å². The lowest BCUT2D eigenvalue weighted by Gasteiger charge is -2.28. The van der Waals surface area contributed by atoms with E-state index in [2.05, 4.69) is 181 Å². The fraction of sp³-hybridized carbons (Fsp3) is 0.108. The average molecular weight is 932 g/mol. The largest absolute Gasteiger partial charge is 0.246 e. The lowest BCUT2D eigenvalue weighted by Crippen LogP contribution is -2.19. The predicted octanol–water partition coefficient (Wildman–Crippen LogP) is 16.0. The van der Waals surface area contributed by atoms with Crippen LogP contribution in [0.25, 0.3) is 67.5 Å². The third kappa shape index (κ3) is 9.04. The maximum absolute atomic E-state index is 5.40. The fourth-order valence-corrected chi connectivity index (χ4v) is 10.4. The molecule has 7 nitrogen and oxygen atoms in total. The van der Waals surface area contributed by atoms with E-state index >= 15 is 0 Å². The van der Waals surface area contributed by atoms with Crippen molar-refractivity contribution in [3.63, 3.8) is 0 Å². The molecule has 9 aromatic carbocycles. The minimum absolute atomic E-state index is 0.0270. The summed E-state index contributed by atoms with van der Waals surface area (Å²) in [7, 11) is 0. The summed E-state index contributed by atoms with van der Waals surface area (Å²) in [4.78, 5) is 33.7. The van der Waals surface area contributed by atoms with Crippen LogP contribution < -0.4 is 4.90 Å². The van der Waals surface area contributed by atoms with Crippen molar-refractivity contribution < 1.29 is 0 Å². The maximum Gasteiger partial charge on any atom is 0.241 e. The summed E-state index contributed by atoms with van der Waals surface area (Å²) in [6, 6.07) is 71.5. The van der Waals surface area contributed by atoms with E-state index in [4.69, 9.17) is 29.9 Å². The van der Waals surface area contributed by atoms with Gasteiger partial charge in [-0.25, -0.2) is 14.9 Å². The Morgan fingerprint density at radius 3 is 1.24 bits per heavy atom. The van der Waals surface area contributed by atoms with Crippen molar-refractivity contribution in [2.24, 2.45) is 0 Å². The molecule has 11 aromatic rings. The predicted molar refractivity (Wildman–Crippen MR) is 295 cm³/mol. The summed E-state index contributed by atoms with van der Waals surface area (Å²) in [5.74, 6) is 2.79. The molecule has 0 aliphatic rings. The Bertz CT molecular complexity index is 3630. The molecule has 2 heterocycles. The molecule has 0 aliphatic carbocycles. The quantitative estimate of drug-likeness (QED) is 0.120. The smallest absolute Gasteiger partial charge is 0.241 e. The topological polar surface area (TPSA) is 80.6 Å². The molecule has 0 spiro atoms. The van der Waals surface area contributed by atoms with Crippen LogP contribution in [0.2, 0.25) is 0 Å². The summed E-state index contributed by atoms with van der Waals surface area (Å²) in [5, 5.41) is 2.13. The van der Waals surface area contributed by atoms with Crippen LogP contribution in [0.3, 0.4) is 0 Å². The molecule has 0 fully saturated rings. The molecule has 0 saturated heterocycles. The number of benzene rings is 9. The number of aromatic nitrogens is 6. The second-order valence-electron chi connectivity index (χ2n) is 18.8. The molecule has 0 amide bonds. The third-order valence-corrected chi connectivity index (χ3v) is 13.5. The monoisotopic (exact) mass is 931 g/mol. The maximum atomic E-state index is 5.40. The SMILES string of the molecule is Cc1cc(C)c(C(c2ccc(N(c3nc(-c4ccccc4)nc(-c4ccc(-c5ccccc5)cc4)n3)c3nc(-c4ccccc4)nc(-c4cccc5ccccc45)n3)cc2)c2c(C)cc(C)cc2C)c(C)c1. The summed E-state index contributed by atoms with van der Waals surface area (Å²) in [6.45, 7) is 13.3. The molecule has 11 rings (SSSR count). The normalized spacial score (nSPS) is 11.3. The van der Waals surface area contributed by atoms with E-state index in [0.717, 1.165) is 49.8 Å². The molecule has 0 bridgehead atoms. The summed E-state index contributed by atoms with van der Waals surface area (Å²) >= 11 is 0. The molecule has 72 heavy (non-hydrogen) atoms. The molecule has 348 valence electrons. The van der Waals surface area contributed by atoms with Gasteiger partial charge in [0.25, 0.3) is 0 Å². The molecule has 0 unspecified atom stereocenters. The zero-order chi connectivity index (χ0) is 49.3. The van der Waals surface area contributed by atoms with E-state index < -0.39 is 0 Å². The highest BCUT2D eigenvalue weighted by molar-refractivity contribution is 5.95. The van der Waals surface area contributed by atoms with Crippen molar-refractivity contribution in [1.29, 1.82) is 0 Å². The van der Waals surface area contributed by atoms with Crippen LogP contribution in [0.15, 0.2) is 206 Å².